The second kappa shape index (κ2) is 4.36. The van der Waals surface area contributed by atoms with Gasteiger partial charge < -0.3 is 11.1 Å². The highest BCUT2D eigenvalue weighted by Crippen LogP contribution is 2.21. The lowest BCUT2D eigenvalue weighted by molar-refractivity contribution is 1.15. The fourth-order valence-electron chi connectivity index (χ4n) is 1.44. The van der Waals surface area contributed by atoms with E-state index in [1.165, 1.54) is 5.56 Å². The van der Waals surface area contributed by atoms with Gasteiger partial charge in [-0.2, -0.15) is 11.3 Å². The molecular weight excluding hydrogens is 204 g/mol. The van der Waals surface area contributed by atoms with Crippen molar-refractivity contribution in [1.82, 2.24) is 0 Å². The monoisotopic (exact) mass is 218 g/mol. The van der Waals surface area contributed by atoms with Crippen LogP contribution in [0.5, 0.6) is 0 Å². The molecule has 1 heterocycles. The molecule has 2 aromatic rings. The highest BCUT2D eigenvalue weighted by molar-refractivity contribution is 7.07. The molecule has 2 nitrogen and oxygen atoms in total. The zero-order chi connectivity index (χ0) is 10.7. The van der Waals surface area contributed by atoms with E-state index in [0.717, 1.165) is 23.5 Å². The van der Waals surface area contributed by atoms with Crippen LogP contribution in [0.15, 0.2) is 35.0 Å². The van der Waals surface area contributed by atoms with Gasteiger partial charge in [-0.1, -0.05) is 6.07 Å². The molecule has 0 atom stereocenters. The van der Waals surface area contributed by atoms with Crippen molar-refractivity contribution < 1.29 is 0 Å². The summed E-state index contributed by atoms with van der Waals surface area (Å²) >= 11 is 1.72. The van der Waals surface area contributed by atoms with E-state index in [4.69, 9.17) is 5.73 Å². The minimum absolute atomic E-state index is 0.838. The fourth-order valence-corrected chi connectivity index (χ4v) is 2.10. The van der Waals surface area contributed by atoms with Crippen LogP contribution in [0.4, 0.5) is 11.4 Å². The van der Waals surface area contributed by atoms with E-state index in [1.54, 1.807) is 11.3 Å². The molecule has 0 unspecified atom stereocenters. The van der Waals surface area contributed by atoms with E-state index in [2.05, 4.69) is 28.2 Å². The molecular formula is C12H14N2S. The summed E-state index contributed by atoms with van der Waals surface area (Å²) in [5.41, 5.74) is 10.2. The molecule has 0 aliphatic heterocycles. The van der Waals surface area contributed by atoms with Crippen LogP contribution in [0.1, 0.15) is 11.1 Å². The van der Waals surface area contributed by atoms with Gasteiger partial charge in [0.1, 0.15) is 0 Å². The van der Waals surface area contributed by atoms with Gasteiger partial charge in [-0.15, -0.1) is 0 Å². The first kappa shape index (κ1) is 10.1. The maximum Gasteiger partial charge on any atom is 0.0409 e. The molecule has 0 radical (unpaired) electrons. The lowest BCUT2D eigenvalue weighted by Crippen LogP contribution is -2.01. The molecule has 15 heavy (non-hydrogen) atoms. The van der Waals surface area contributed by atoms with Crippen molar-refractivity contribution in [2.45, 2.75) is 13.5 Å². The largest absolute Gasteiger partial charge is 0.398 e. The summed E-state index contributed by atoms with van der Waals surface area (Å²) in [5, 5.41) is 7.62. The molecule has 0 spiro atoms. The second-order valence-electron chi connectivity index (χ2n) is 3.50. The average molecular weight is 218 g/mol. The van der Waals surface area contributed by atoms with Crippen LogP contribution < -0.4 is 11.1 Å². The van der Waals surface area contributed by atoms with E-state index in [0.29, 0.717) is 0 Å². The van der Waals surface area contributed by atoms with Crippen molar-refractivity contribution >= 4 is 22.7 Å². The standard InChI is InChI=1S/C12H14N2S/c1-9-11(13)3-2-4-12(9)14-7-10-5-6-15-8-10/h2-6,8,14H,7,13H2,1H3. The SMILES string of the molecule is Cc1c(N)cccc1NCc1ccsc1. The van der Waals surface area contributed by atoms with Gasteiger partial charge in [-0.3, -0.25) is 0 Å². The van der Waals surface area contributed by atoms with E-state index >= 15 is 0 Å². The molecule has 1 aromatic heterocycles. The van der Waals surface area contributed by atoms with Gasteiger partial charge in [0.2, 0.25) is 0 Å². The van der Waals surface area contributed by atoms with E-state index in [-0.39, 0.29) is 0 Å². The Morgan fingerprint density at radius 2 is 2.20 bits per heavy atom. The first-order valence-electron chi connectivity index (χ1n) is 4.87. The maximum atomic E-state index is 5.83. The third kappa shape index (κ3) is 2.30. The number of hydrogen-bond acceptors (Lipinski definition) is 3. The highest BCUT2D eigenvalue weighted by atomic mass is 32.1. The Hall–Kier alpha value is -1.48. The zero-order valence-electron chi connectivity index (χ0n) is 8.66. The summed E-state index contributed by atoms with van der Waals surface area (Å²) in [6, 6.07) is 8.07. The van der Waals surface area contributed by atoms with E-state index in [1.807, 2.05) is 19.1 Å². The first-order valence-corrected chi connectivity index (χ1v) is 5.81. The van der Waals surface area contributed by atoms with Gasteiger partial charge in [-0.05, 0) is 47.0 Å². The number of thiophene rings is 1. The Bertz CT molecular complexity index is 435. The van der Waals surface area contributed by atoms with Gasteiger partial charge in [0, 0.05) is 17.9 Å². The number of nitrogen functional groups attached to an aromatic ring is 1. The first-order chi connectivity index (χ1) is 7.27. The summed E-state index contributed by atoms with van der Waals surface area (Å²) in [4.78, 5) is 0. The molecule has 0 saturated carbocycles. The maximum absolute atomic E-state index is 5.83. The second-order valence-corrected chi connectivity index (χ2v) is 4.28. The molecule has 3 N–H and O–H groups in total. The topological polar surface area (TPSA) is 38.0 Å². The van der Waals surface area contributed by atoms with Crippen molar-refractivity contribution in [3.63, 3.8) is 0 Å². The van der Waals surface area contributed by atoms with Crippen LogP contribution in [-0.4, -0.2) is 0 Å². The van der Waals surface area contributed by atoms with Crippen LogP contribution in [0, 0.1) is 6.92 Å². The molecule has 1 aromatic carbocycles. The fraction of sp³-hybridized carbons (Fsp3) is 0.167. The Kier molecular flexibility index (Phi) is 2.92. The van der Waals surface area contributed by atoms with Crippen LogP contribution in [0.3, 0.4) is 0 Å². The molecule has 78 valence electrons. The van der Waals surface area contributed by atoms with Crippen LogP contribution in [-0.2, 0) is 6.54 Å². The van der Waals surface area contributed by atoms with E-state index < -0.39 is 0 Å². The van der Waals surface area contributed by atoms with Crippen molar-refractivity contribution in [2.75, 3.05) is 11.1 Å². The molecule has 0 amide bonds. The van der Waals surface area contributed by atoms with E-state index in [9.17, 15) is 0 Å². The quantitative estimate of drug-likeness (QED) is 0.776. The van der Waals surface area contributed by atoms with Crippen LogP contribution >= 0.6 is 11.3 Å². The smallest absolute Gasteiger partial charge is 0.0409 e. The van der Waals surface area contributed by atoms with Gasteiger partial charge in [-0.25, -0.2) is 0 Å². The minimum Gasteiger partial charge on any atom is -0.398 e. The Balaban J connectivity index is 2.08. The van der Waals surface area contributed by atoms with Gasteiger partial charge >= 0.3 is 0 Å². The minimum atomic E-state index is 0.838. The molecule has 0 aliphatic rings. The predicted molar refractivity (Wildman–Crippen MR) is 67.2 cm³/mol. The van der Waals surface area contributed by atoms with Gasteiger partial charge in [0.15, 0.2) is 0 Å². The van der Waals surface area contributed by atoms with Crippen LogP contribution in [0.25, 0.3) is 0 Å². The van der Waals surface area contributed by atoms with Crippen molar-refractivity contribution in [3.8, 4) is 0 Å². The number of benzene rings is 1. The molecule has 0 saturated heterocycles. The van der Waals surface area contributed by atoms with Crippen molar-refractivity contribution in [1.29, 1.82) is 0 Å². The summed E-state index contributed by atoms with van der Waals surface area (Å²) < 4.78 is 0. The molecule has 0 fully saturated rings. The number of hydrogen-bond donors (Lipinski definition) is 2. The average Bonchev–Trinajstić information content (AvgIpc) is 2.73. The Morgan fingerprint density at radius 3 is 2.93 bits per heavy atom. The van der Waals surface area contributed by atoms with Crippen molar-refractivity contribution in [2.24, 2.45) is 0 Å². The Morgan fingerprint density at radius 1 is 1.33 bits per heavy atom. The zero-order valence-corrected chi connectivity index (χ0v) is 9.47. The molecule has 0 bridgehead atoms. The third-order valence-corrected chi connectivity index (χ3v) is 3.17. The number of nitrogens with two attached hydrogens (primary N) is 1. The lowest BCUT2D eigenvalue weighted by atomic mass is 10.1. The summed E-state index contributed by atoms with van der Waals surface area (Å²) in [5.74, 6) is 0. The van der Waals surface area contributed by atoms with Gasteiger partial charge in [0.25, 0.3) is 0 Å². The highest BCUT2D eigenvalue weighted by Gasteiger charge is 2.00. The molecule has 2 rings (SSSR count). The Labute approximate surface area is 93.7 Å². The predicted octanol–water partition coefficient (Wildman–Crippen LogP) is 3.25. The summed E-state index contributed by atoms with van der Waals surface area (Å²) in [6.45, 7) is 2.89. The molecule has 0 aliphatic carbocycles. The normalized spacial score (nSPS) is 10.2. The number of anilines is 2. The lowest BCUT2D eigenvalue weighted by Gasteiger charge is -2.10. The number of rotatable bonds is 3. The van der Waals surface area contributed by atoms with Crippen LogP contribution in [0.2, 0.25) is 0 Å². The number of nitrogens with one attached hydrogen (secondary N) is 1. The molecule has 3 heteroatoms. The third-order valence-electron chi connectivity index (χ3n) is 2.44. The van der Waals surface area contributed by atoms with Gasteiger partial charge in [0.05, 0.1) is 0 Å². The summed E-state index contributed by atoms with van der Waals surface area (Å²) in [7, 11) is 0. The van der Waals surface area contributed by atoms with Crippen molar-refractivity contribution in [3.05, 3.63) is 46.2 Å². The summed E-state index contributed by atoms with van der Waals surface area (Å²) in [6.07, 6.45) is 0.